The minimum Gasteiger partial charge on any atom is -0.300 e. The standard InChI is InChI=1S/C15H16FN/c1-9-5-4-6-13(16)14(9)11(3)15(17)10(2)12-7-8-12/h4-6,17H,3,7-8H2,1-2H3. The molecule has 0 saturated heterocycles. The van der Waals surface area contributed by atoms with Crippen LogP contribution in [0.4, 0.5) is 4.39 Å². The smallest absolute Gasteiger partial charge is 0.131 e. The Kier molecular flexibility index (Phi) is 2.97. The van der Waals surface area contributed by atoms with Crippen molar-refractivity contribution in [2.75, 3.05) is 0 Å². The first kappa shape index (κ1) is 11.8. The molecule has 0 bridgehead atoms. The van der Waals surface area contributed by atoms with Crippen molar-refractivity contribution < 1.29 is 4.39 Å². The number of allylic oxidation sites excluding steroid dienone is 3. The topological polar surface area (TPSA) is 23.9 Å². The van der Waals surface area contributed by atoms with Gasteiger partial charge in [0, 0.05) is 11.1 Å². The zero-order valence-corrected chi connectivity index (χ0v) is 10.2. The highest BCUT2D eigenvalue weighted by atomic mass is 19.1. The molecule has 0 aliphatic heterocycles. The van der Waals surface area contributed by atoms with Gasteiger partial charge < -0.3 is 0 Å². The van der Waals surface area contributed by atoms with E-state index in [2.05, 4.69) is 6.58 Å². The maximum Gasteiger partial charge on any atom is 0.131 e. The van der Waals surface area contributed by atoms with Crippen LogP contribution in [-0.4, -0.2) is 5.71 Å². The van der Waals surface area contributed by atoms with Gasteiger partial charge >= 0.3 is 0 Å². The molecule has 0 atom stereocenters. The predicted molar refractivity (Wildman–Crippen MR) is 69.8 cm³/mol. The quantitative estimate of drug-likeness (QED) is 0.748. The van der Waals surface area contributed by atoms with E-state index < -0.39 is 0 Å². The Hall–Kier alpha value is -1.70. The molecule has 0 heterocycles. The Morgan fingerprint density at radius 1 is 1.35 bits per heavy atom. The van der Waals surface area contributed by atoms with Gasteiger partial charge in [-0.1, -0.05) is 24.3 Å². The van der Waals surface area contributed by atoms with Gasteiger partial charge in [-0.3, -0.25) is 5.41 Å². The highest BCUT2D eigenvalue weighted by Gasteiger charge is 2.20. The molecule has 0 radical (unpaired) electrons. The summed E-state index contributed by atoms with van der Waals surface area (Å²) in [5.74, 6) is -0.298. The fourth-order valence-corrected chi connectivity index (χ4v) is 1.98. The maximum atomic E-state index is 13.8. The summed E-state index contributed by atoms with van der Waals surface area (Å²) in [6.07, 6.45) is 2.13. The molecule has 1 saturated carbocycles. The van der Waals surface area contributed by atoms with Gasteiger partial charge in [0.05, 0.1) is 5.71 Å². The third-order valence-electron chi connectivity index (χ3n) is 3.23. The van der Waals surface area contributed by atoms with Gasteiger partial charge in [0.2, 0.25) is 0 Å². The van der Waals surface area contributed by atoms with Gasteiger partial charge in [-0.2, -0.15) is 0 Å². The second kappa shape index (κ2) is 4.28. The summed E-state index contributed by atoms with van der Waals surface area (Å²) < 4.78 is 13.8. The van der Waals surface area contributed by atoms with Crippen LogP contribution in [0.25, 0.3) is 5.57 Å². The molecule has 0 amide bonds. The maximum absolute atomic E-state index is 13.8. The molecule has 1 aliphatic rings. The van der Waals surface area contributed by atoms with E-state index in [1.807, 2.05) is 19.9 Å². The third-order valence-corrected chi connectivity index (χ3v) is 3.23. The van der Waals surface area contributed by atoms with E-state index in [-0.39, 0.29) is 5.82 Å². The molecule has 1 fully saturated rings. The molecule has 1 aromatic rings. The van der Waals surface area contributed by atoms with Crippen molar-refractivity contribution in [3.05, 3.63) is 52.9 Å². The van der Waals surface area contributed by atoms with Gasteiger partial charge in [-0.25, -0.2) is 4.39 Å². The normalized spacial score (nSPS) is 13.5. The fraction of sp³-hybridized carbons (Fsp3) is 0.267. The van der Waals surface area contributed by atoms with E-state index >= 15 is 0 Å². The van der Waals surface area contributed by atoms with Crippen molar-refractivity contribution in [3.8, 4) is 0 Å². The lowest BCUT2D eigenvalue weighted by atomic mass is 9.94. The lowest BCUT2D eigenvalue weighted by molar-refractivity contribution is 0.623. The monoisotopic (exact) mass is 229 g/mol. The van der Waals surface area contributed by atoms with Crippen LogP contribution in [0.3, 0.4) is 0 Å². The number of aryl methyl sites for hydroxylation is 1. The van der Waals surface area contributed by atoms with E-state index in [0.29, 0.717) is 16.8 Å². The van der Waals surface area contributed by atoms with Crippen molar-refractivity contribution in [1.29, 1.82) is 5.41 Å². The summed E-state index contributed by atoms with van der Waals surface area (Å²) >= 11 is 0. The molecule has 1 N–H and O–H groups in total. The SMILES string of the molecule is C=C(C(=N)C(C)=C1CC1)c1c(C)cccc1F. The number of hydrogen-bond acceptors (Lipinski definition) is 1. The minimum atomic E-state index is -0.298. The van der Waals surface area contributed by atoms with Gasteiger partial charge in [0.15, 0.2) is 0 Å². The number of hydrogen-bond donors (Lipinski definition) is 1. The highest BCUT2D eigenvalue weighted by Crippen LogP contribution is 2.34. The molecule has 2 rings (SSSR count). The van der Waals surface area contributed by atoms with Gasteiger partial charge in [-0.15, -0.1) is 0 Å². The summed E-state index contributed by atoms with van der Waals surface area (Å²) in [6, 6.07) is 4.94. The highest BCUT2D eigenvalue weighted by molar-refractivity contribution is 6.30. The molecule has 0 unspecified atom stereocenters. The summed E-state index contributed by atoms with van der Waals surface area (Å²) in [5.41, 5.74) is 4.40. The lowest BCUT2D eigenvalue weighted by Gasteiger charge is -2.12. The summed E-state index contributed by atoms with van der Waals surface area (Å²) in [7, 11) is 0. The largest absolute Gasteiger partial charge is 0.300 e. The number of nitrogens with one attached hydrogen (secondary N) is 1. The predicted octanol–water partition coefficient (Wildman–Crippen LogP) is 4.28. The lowest BCUT2D eigenvalue weighted by Crippen LogP contribution is -2.05. The van der Waals surface area contributed by atoms with Crippen LogP contribution in [0.15, 0.2) is 35.9 Å². The van der Waals surface area contributed by atoms with E-state index in [1.165, 1.54) is 11.6 Å². The van der Waals surface area contributed by atoms with Crippen LogP contribution in [0.1, 0.15) is 30.9 Å². The summed E-state index contributed by atoms with van der Waals surface area (Å²) in [5, 5.41) is 8.08. The summed E-state index contributed by atoms with van der Waals surface area (Å²) in [6.45, 7) is 7.65. The van der Waals surface area contributed by atoms with Crippen LogP contribution in [0.5, 0.6) is 0 Å². The molecule has 1 nitrogen and oxygen atoms in total. The first-order chi connectivity index (χ1) is 8.02. The molecule has 2 heteroatoms. The van der Waals surface area contributed by atoms with Gasteiger partial charge in [0.1, 0.15) is 5.82 Å². The molecular formula is C15H16FN. The first-order valence-electron chi connectivity index (χ1n) is 5.74. The molecule has 1 aromatic carbocycles. The van der Waals surface area contributed by atoms with Crippen LogP contribution < -0.4 is 0 Å². The van der Waals surface area contributed by atoms with Crippen molar-refractivity contribution in [1.82, 2.24) is 0 Å². The minimum absolute atomic E-state index is 0.298. The van der Waals surface area contributed by atoms with Crippen molar-refractivity contribution in [2.45, 2.75) is 26.7 Å². The first-order valence-corrected chi connectivity index (χ1v) is 5.74. The van der Waals surface area contributed by atoms with Crippen LogP contribution >= 0.6 is 0 Å². The Morgan fingerprint density at radius 2 is 2.00 bits per heavy atom. The fourth-order valence-electron chi connectivity index (χ4n) is 1.98. The Balaban J connectivity index is 2.38. The van der Waals surface area contributed by atoms with Gasteiger partial charge in [0.25, 0.3) is 0 Å². The average Bonchev–Trinajstić information content (AvgIpc) is 3.10. The number of halogens is 1. The summed E-state index contributed by atoms with van der Waals surface area (Å²) in [4.78, 5) is 0. The van der Waals surface area contributed by atoms with Crippen molar-refractivity contribution >= 4 is 11.3 Å². The van der Waals surface area contributed by atoms with Crippen LogP contribution in [-0.2, 0) is 0 Å². The Labute approximate surface area is 101 Å². The van der Waals surface area contributed by atoms with Crippen molar-refractivity contribution in [2.24, 2.45) is 0 Å². The molecule has 88 valence electrons. The molecule has 0 aromatic heterocycles. The average molecular weight is 229 g/mol. The molecule has 17 heavy (non-hydrogen) atoms. The molecular weight excluding hydrogens is 213 g/mol. The number of rotatable bonds is 3. The van der Waals surface area contributed by atoms with E-state index in [4.69, 9.17) is 5.41 Å². The van der Waals surface area contributed by atoms with E-state index in [0.717, 1.165) is 24.0 Å². The van der Waals surface area contributed by atoms with E-state index in [1.54, 1.807) is 6.07 Å². The molecule has 0 spiro atoms. The second-order valence-corrected chi connectivity index (χ2v) is 4.51. The van der Waals surface area contributed by atoms with Crippen LogP contribution in [0, 0.1) is 18.2 Å². The molecule has 1 aliphatic carbocycles. The zero-order chi connectivity index (χ0) is 12.6. The van der Waals surface area contributed by atoms with Gasteiger partial charge in [-0.05, 0) is 43.9 Å². The van der Waals surface area contributed by atoms with Crippen molar-refractivity contribution in [3.63, 3.8) is 0 Å². The van der Waals surface area contributed by atoms with Crippen LogP contribution in [0.2, 0.25) is 0 Å². The zero-order valence-electron chi connectivity index (χ0n) is 10.2. The van der Waals surface area contributed by atoms with E-state index in [9.17, 15) is 4.39 Å². The Morgan fingerprint density at radius 3 is 2.53 bits per heavy atom. The second-order valence-electron chi connectivity index (χ2n) is 4.51. The number of benzene rings is 1. The third kappa shape index (κ3) is 2.21. The Bertz CT molecular complexity index is 512.